The smallest absolute Gasteiger partial charge is 0.352 e. The molecular weight excluding hydrogens is 324 g/mol. The number of carbonyl (C=O) groups is 1. The average Bonchev–Trinajstić information content (AvgIpc) is 3.09. The molecular formula is C17H20N4O4. The number of anilines is 1. The van der Waals surface area contributed by atoms with Crippen molar-refractivity contribution in [2.75, 3.05) is 12.4 Å². The van der Waals surface area contributed by atoms with E-state index < -0.39 is 12.0 Å². The Bertz CT molecular complexity index is 815. The first kappa shape index (κ1) is 16.8. The number of aromatic nitrogens is 3. The fourth-order valence-corrected chi connectivity index (χ4v) is 2.56. The van der Waals surface area contributed by atoms with Crippen LogP contribution in [0.4, 0.5) is 5.95 Å². The summed E-state index contributed by atoms with van der Waals surface area (Å²) in [5.74, 6) is 0.561. The maximum atomic E-state index is 11.4. The van der Waals surface area contributed by atoms with Gasteiger partial charge in [0.05, 0.1) is 13.2 Å². The van der Waals surface area contributed by atoms with E-state index in [4.69, 9.17) is 9.47 Å². The standard InChI is InChI=1S/C17H20N4O4/c1-4-10(2)25-14-6-5-11(7-15(14)24-3)13-8-12(16(22)23)20-17-18-9-19-21(13)17/h5-10,13H,4H2,1-3H3,(H,22,23)(H,18,19,20)/t10-,13-/m1/s1. The van der Waals surface area contributed by atoms with Gasteiger partial charge in [0.2, 0.25) is 5.95 Å². The Morgan fingerprint density at radius 2 is 2.24 bits per heavy atom. The van der Waals surface area contributed by atoms with Crippen LogP contribution in [0.1, 0.15) is 31.9 Å². The maximum absolute atomic E-state index is 11.4. The second kappa shape index (κ2) is 6.84. The molecule has 1 aliphatic rings. The van der Waals surface area contributed by atoms with Gasteiger partial charge in [-0.15, -0.1) is 0 Å². The van der Waals surface area contributed by atoms with Crippen LogP contribution in [0.2, 0.25) is 0 Å². The minimum absolute atomic E-state index is 0.0596. The van der Waals surface area contributed by atoms with E-state index in [-0.39, 0.29) is 11.8 Å². The predicted octanol–water partition coefficient (Wildman–Crippen LogP) is 2.45. The number of carboxylic acids is 1. The van der Waals surface area contributed by atoms with Gasteiger partial charge in [0.25, 0.3) is 0 Å². The molecule has 8 heteroatoms. The number of fused-ring (bicyclic) bond motifs is 1. The molecule has 3 rings (SSSR count). The molecule has 1 aliphatic heterocycles. The number of ether oxygens (including phenoxy) is 2. The molecule has 0 bridgehead atoms. The molecule has 0 aliphatic carbocycles. The third-order valence-corrected chi connectivity index (χ3v) is 4.07. The second-order valence-electron chi connectivity index (χ2n) is 5.73. The van der Waals surface area contributed by atoms with Gasteiger partial charge in [-0.1, -0.05) is 13.0 Å². The lowest BCUT2D eigenvalue weighted by Gasteiger charge is -2.23. The van der Waals surface area contributed by atoms with Crippen LogP contribution in [0.15, 0.2) is 36.3 Å². The molecule has 2 heterocycles. The summed E-state index contributed by atoms with van der Waals surface area (Å²) in [5.41, 5.74) is 0.879. The van der Waals surface area contributed by atoms with Gasteiger partial charge in [-0.05, 0) is 37.1 Å². The van der Waals surface area contributed by atoms with Crippen LogP contribution in [0.3, 0.4) is 0 Å². The van der Waals surface area contributed by atoms with Crippen LogP contribution in [0.25, 0.3) is 0 Å². The first-order valence-corrected chi connectivity index (χ1v) is 7.99. The van der Waals surface area contributed by atoms with Gasteiger partial charge < -0.3 is 19.9 Å². The summed E-state index contributed by atoms with van der Waals surface area (Å²) in [6.07, 6.45) is 3.92. The molecule has 0 saturated heterocycles. The SMILES string of the molecule is CC[C@@H](C)Oc1ccc([C@H]2C=C(C(=O)O)Nc3ncnn32)cc1OC. The minimum Gasteiger partial charge on any atom is -0.493 e. The second-order valence-corrected chi connectivity index (χ2v) is 5.73. The minimum atomic E-state index is -1.05. The van der Waals surface area contributed by atoms with Crippen molar-refractivity contribution in [2.24, 2.45) is 0 Å². The van der Waals surface area contributed by atoms with Crippen LogP contribution < -0.4 is 14.8 Å². The van der Waals surface area contributed by atoms with Crippen LogP contribution in [-0.2, 0) is 4.79 Å². The van der Waals surface area contributed by atoms with Crippen molar-refractivity contribution in [2.45, 2.75) is 32.4 Å². The summed E-state index contributed by atoms with van der Waals surface area (Å²) in [7, 11) is 1.57. The number of hydrogen-bond donors (Lipinski definition) is 2. The van der Waals surface area contributed by atoms with Crippen molar-refractivity contribution in [1.82, 2.24) is 14.8 Å². The third kappa shape index (κ3) is 3.28. The zero-order valence-corrected chi connectivity index (χ0v) is 14.3. The lowest BCUT2D eigenvalue weighted by atomic mass is 10.0. The molecule has 132 valence electrons. The van der Waals surface area contributed by atoms with E-state index in [0.717, 1.165) is 12.0 Å². The Balaban J connectivity index is 2.00. The van der Waals surface area contributed by atoms with E-state index >= 15 is 0 Å². The van der Waals surface area contributed by atoms with Gasteiger partial charge >= 0.3 is 5.97 Å². The summed E-state index contributed by atoms with van der Waals surface area (Å²) in [6, 6.07) is 5.12. The molecule has 0 fully saturated rings. The number of methoxy groups -OCH3 is 1. The van der Waals surface area contributed by atoms with Crippen LogP contribution in [0.5, 0.6) is 11.5 Å². The number of benzene rings is 1. The summed E-state index contributed by atoms with van der Waals surface area (Å²) >= 11 is 0. The largest absolute Gasteiger partial charge is 0.493 e. The molecule has 0 unspecified atom stereocenters. The molecule has 0 spiro atoms. The quantitative estimate of drug-likeness (QED) is 0.830. The molecule has 0 radical (unpaired) electrons. The van der Waals surface area contributed by atoms with Crippen LogP contribution in [-0.4, -0.2) is 39.1 Å². The molecule has 8 nitrogen and oxygen atoms in total. The first-order chi connectivity index (χ1) is 12.0. The molecule has 0 saturated carbocycles. The Hall–Kier alpha value is -3.03. The number of nitrogens with one attached hydrogen (secondary N) is 1. The van der Waals surface area contributed by atoms with Crippen LogP contribution >= 0.6 is 0 Å². The monoisotopic (exact) mass is 344 g/mol. The van der Waals surface area contributed by atoms with E-state index in [9.17, 15) is 9.90 Å². The van der Waals surface area contributed by atoms with E-state index in [2.05, 4.69) is 15.4 Å². The van der Waals surface area contributed by atoms with Gasteiger partial charge in [-0.2, -0.15) is 10.1 Å². The molecule has 2 N–H and O–H groups in total. The van der Waals surface area contributed by atoms with Gasteiger partial charge in [-0.25, -0.2) is 9.48 Å². The highest BCUT2D eigenvalue weighted by molar-refractivity contribution is 5.90. The maximum Gasteiger partial charge on any atom is 0.352 e. The van der Waals surface area contributed by atoms with E-state index in [0.29, 0.717) is 17.4 Å². The number of rotatable bonds is 6. The van der Waals surface area contributed by atoms with Gasteiger partial charge in [-0.3, -0.25) is 0 Å². The summed E-state index contributed by atoms with van der Waals surface area (Å²) in [5, 5.41) is 16.2. The molecule has 1 aromatic heterocycles. The van der Waals surface area contributed by atoms with Crippen molar-refractivity contribution < 1.29 is 19.4 Å². The molecule has 0 amide bonds. The van der Waals surface area contributed by atoms with Crippen LogP contribution in [0, 0.1) is 0 Å². The molecule has 2 atom stereocenters. The van der Waals surface area contributed by atoms with Gasteiger partial charge in [0, 0.05) is 0 Å². The third-order valence-electron chi connectivity index (χ3n) is 4.07. The van der Waals surface area contributed by atoms with Gasteiger partial charge in [0.1, 0.15) is 18.1 Å². The summed E-state index contributed by atoms with van der Waals surface area (Å²) < 4.78 is 12.9. The van der Waals surface area contributed by atoms with E-state index in [1.165, 1.54) is 6.33 Å². The Labute approximate surface area is 145 Å². The van der Waals surface area contributed by atoms with Gasteiger partial charge in [0.15, 0.2) is 11.5 Å². The highest BCUT2D eigenvalue weighted by Crippen LogP contribution is 2.35. The first-order valence-electron chi connectivity index (χ1n) is 7.99. The zero-order valence-electron chi connectivity index (χ0n) is 14.3. The summed E-state index contributed by atoms with van der Waals surface area (Å²) in [6.45, 7) is 4.04. The average molecular weight is 344 g/mol. The highest BCUT2D eigenvalue weighted by atomic mass is 16.5. The predicted molar refractivity (Wildman–Crippen MR) is 90.9 cm³/mol. The number of carboxylic acid groups (broad SMARTS) is 1. The van der Waals surface area contributed by atoms with E-state index in [1.54, 1.807) is 17.9 Å². The number of nitrogens with zero attached hydrogens (tertiary/aromatic N) is 3. The normalized spacial score (nSPS) is 17.1. The van der Waals surface area contributed by atoms with Crippen molar-refractivity contribution >= 4 is 11.9 Å². The Kier molecular flexibility index (Phi) is 4.60. The fraction of sp³-hybridized carbons (Fsp3) is 0.353. The zero-order chi connectivity index (χ0) is 18.0. The molecule has 1 aromatic carbocycles. The number of hydrogen-bond acceptors (Lipinski definition) is 6. The van der Waals surface area contributed by atoms with E-state index in [1.807, 2.05) is 32.0 Å². The van der Waals surface area contributed by atoms with Crippen molar-refractivity contribution in [3.05, 3.63) is 41.9 Å². The summed E-state index contributed by atoms with van der Waals surface area (Å²) in [4.78, 5) is 15.4. The van der Waals surface area contributed by atoms with Crippen molar-refractivity contribution in [3.8, 4) is 11.5 Å². The number of allylic oxidation sites excluding steroid dienone is 1. The molecule has 25 heavy (non-hydrogen) atoms. The van der Waals surface area contributed by atoms with Crippen molar-refractivity contribution in [1.29, 1.82) is 0 Å². The Morgan fingerprint density at radius 1 is 1.44 bits per heavy atom. The fourth-order valence-electron chi connectivity index (χ4n) is 2.56. The lowest BCUT2D eigenvalue weighted by Crippen LogP contribution is -2.24. The number of aliphatic carboxylic acids is 1. The van der Waals surface area contributed by atoms with Crippen molar-refractivity contribution in [3.63, 3.8) is 0 Å². The Morgan fingerprint density at radius 3 is 2.92 bits per heavy atom. The topological polar surface area (TPSA) is 98.5 Å². The lowest BCUT2D eigenvalue weighted by molar-refractivity contribution is -0.132. The molecule has 2 aromatic rings. The highest BCUT2D eigenvalue weighted by Gasteiger charge is 2.26.